The molecule has 2 aromatic rings. The van der Waals surface area contributed by atoms with Gasteiger partial charge in [0.2, 0.25) is 0 Å². The van der Waals surface area contributed by atoms with Gasteiger partial charge < -0.3 is 9.80 Å². The van der Waals surface area contributed by atoms with Gasteiger partial charge in [-0.25, -0.2) is 0 Å². The lowest BCUT2D eigenvalue weighted by Gasteiger charge is -2.38. The molecule has 0 saturated heterocycles. The van der Waals surface area contributed by atoms with Crippen LogP contribution in [0.15, 0.2) is 21.1 Å². The van der Waals surface area contributed by atoms with Gasteiger partial charge in [-0.3, -0.25) is 0 Å². The second kappa shape index (κ2) is 7.30. The van der Waals surface area contributed by atoms with Crippen molar-refractivity contribution in [1.29, 1.82) is 0 Å². The quantitative estimate of drug-likeness (QED) is 0.469. The lowest BCUT2D eigenvalue weighted by Crippen LogP contribution is -2.35. The molecule has 0 radical (unpaired) electrons. The minimum Gasteiger partial charge on any atom is -0.371 e. The molecule has 4 aliphatic heterocycles. The Morgan fingerprint density at radius 2 is 1.03 bits per heavy atom. The summed E-state index contributed by atoms with van der Waals surface area (Å²) in [5, 5.41) is 0. The predicted octanol–water partition coefficient (Wildman–Crippen LogP) is 6.20. The van der Waals surface area contributed by atoms with E-state index < -0.39 is 0 Å². The Bertz CT molecular complexity index is 914. The van der Waals surface area contributed by atoms with Crippen LogP contribution in [0.1, 0.15) is 59.1 Å². The van der Waals surface area contributed by atoms with Crippen LogP contribution in [0.2, 0.25) is 0 Å². The van der Waals surface area contributed by atoms with Gasteiger partial charge in [-0.2, -0.15) is 0 Å². The summed E-state index contributed by atoms with van der Waals surface area (Å²) in [5.41, 5.74) is 12.4. The zero-order valence-corrected chi connectivity index (χ0v) is 20.2. The van der Waals surface area contributed by atoms with Crippen molar-refractivity contribution in [2.24, 2.45) is 0 Å². The molecule has 0 N–H and O–H groups in total. The average molecular weight is 516 g/mol. The Morgan fingerprint density at radius 3 is 1.48 bits per heavy atom. The van der Waals surface area contributed by atoms with E-state index in [4.69, 9.17) is 0 Å². The first-order valence-corrected chi connectivity index (χ1v) is 13.0. The topological polar surface area (TPSA) is 6.48 Å². The largest absolute Gasteiger partial charge is 0.371 e. The number of halogens is 2. The molecule has 152 valence electrons. The van der Waals surface area contributed by atoms with E-state index in [0.29, 0.717) is 0 Å². The summed E-state index contributed by atoms with van der Waals surface area (Å²) in [6.07, 6.45) is 11.1. The van der Waals surface area contributed by atoms with Crippen molar-refractivity contribution in [3.05, 3.63) is 54.5 Å². The van der Waals surface area contributed by atoms with Crippen LogP contribution in [-0.4, -0.2) is 26.2 Å². The van der Waals surface area contributed by atoms with E-state index in [1.165, 1.54) is 97.6 Å². The molecule has 0 aromatic heterocycles. The van der Waals surface area contributed by atoms with Gasteiger partial charge in [-0.05, 0) is 91.2 Å². The molecule has 0 fully saturated rings. The van der Waals surface area contributed by atoms with Gasteiger partial charge in [0, 0.05) is 46.5 Å². The molecule has 2 aromatic carbocycles. The molecule has 6 rings (SSSR count). The third kappa shape index (κ3) is 3.00. The van der Waals surface area contributed by atoms with Crippen molar-refractivity contribution in [3.63, 3.8) is 0 Å². The standard InChI is InChI=1S/C25H28Br2N2/c26-22-18(13-16-5-1-9-28-11-3-7-20(22)24(16)28)15-19-14-17-6-2-10-29-12-4-8-21(23(19)27)25(17)29/h13-14H,1-12,15H2. The monoisotopic (exact) mass is 514 g/mol. The number of aryl methyl sites for hydroxylation is 2. The first-order valence-electron chi connectivity index (χ1n) is 11.4. The van der Waals surface area contributed by atoms with Crippen LogP contribution in [0.3, 0.4) is 0 Å². The lowest BCUT2D eigenvalue weighted by atomic mass is 9.86. The first-order chi connectivity index (χ1) is 14.2. The summed E-state index contributed by atoms with van der Waals surface area (Å²) in [6.45, 7) is 4.95. The van der Waals surface area contributed by atoms with Gasteiger partial charge in [0.05, 0.1) is 0 Å². The molecule has 4 heteroatoms. The van der Waals surface area contributed by atoms with Crippen molar-refractivity contribution in [3.8, 4) is 0 Å². The predicted molar refractivity (Wildman–Crippen MR) is 129 cm³/mol. The molecule has 4 aliphatic rings. The minimum atomic E-state index is 1.03. The lowest BCUT2D eigenvalue weighted by molar-refractivity contribution is 0.630. The fourth-order valence-electron chi connectivity index (χ4n) is 6.24. The van der Waals surface area contributed by atoms with E-state index in [0.717, 1.165) is 6.42 Å². The maximum absolute atomic E-state index is 4.05. The molecule has 0 amide bonds. The number of nitrogens with zero attached hydrogens (tertiary/aromatic N) is 2. The molecule has 4 heterocycles. The Labute approximate surface area is 190 Å². The summed E-state index contributed by atoms with van der Waals surface area (Å²) >= 11 is 8.09. The maximum Gasteiger partial charge on any atom is 0.0442 e. The fourth-order valence-corrected chi connectivity index (χ4v) is 7.52. The Hall–Kier alpha value is -1.00. The van der Waals surface area contributed by atoms with E-state index in [2.05, 4.69) is 53.8 Å². The molecule has 29 heavy (non-hydrogen) atoms. The zero-order valence-electron chi connectivity index (χ0n) is 17.0. The molecular formula is C25H28Br2N2. The summed E-state index contributed by atoms with van der Waals surface area (Å²) < 4.78 is 2.76. The van der Waals surface area contributed by atoms with E-state index in [9.17, 15) is 0 Å². The van der Waals surface area contributed by atoms with E-state index >= 15 is 0 Å². The number of benzene rings is 2. The molecule has 2 nitrogen and oxygen atoms in total. The highest BCUT2D eigenvalue weighted by Gasteiger charge is 2.29. The van der Waals surface area contributed by atoms with Crippen LogP contribution < -0.4 is 9.80 Å². The normalized spacial score (nSPS) is 19.8. The van der Waals surface area contributed by atoms with Crippen molar-refractivity contribution in [1.82, 2.24) is 0 Å². The fraction of sp³-hybridized carbons (Fsp3) is 0.520. The van der Waals surface area contributed by atoms with E-state index in [1.54, 1.807) is 33.6 Å². The number of hydrogen-bond donors (Lipinski definition) is 0. The van der Waals surface area contributed by atoms with Crippen LogP contribution in [-0.2, 0) is 32.1 Å². The molecule has 0 aliphatic carbocycles. The number of rotatable bonds is 2. The third-order valence-electron chi connectivity index (χ3n) is 7.44. The Balaban J connectivity index is 1.44. The van der Waals surface area contributed by atoms with Gasteiger partial charge >= 0.3 is 0 Å². The second-order valence-electron chi connectivity index (χ2n) is 9.24. The van der Waals surface area contributed by atoms with Gasteiger partial charge in [0.1, 0.15) is 0 Å². The first kappa shape index (κ1) is 18.7. The number of anilines is 2. The molecule has 0 atom stereocenters. The third-order valence-corrected chi connectivity index (χ3v) is 9.42. The molecule has 0 saturated carbocycles. The highest BCUT2D eigenvalue weighted by Crippen LogP contribution is 2.44. The van der Waals surface area contributed by atoms with Gasteiger partial charge in [-0.15, -0.1) is 0 Å². The van der Waals surface area contributed by atoms with Crippen LogP contribution in [0.25, 0.3) is 0 Å². The highest BCUT2D eigenvalue weighted by atomic mass is 79.9. The van der Waals surface area contributed by atoms with Gasteiger partial charge in [0.15, 0.2) is 0 Å². The molecule has 0 unspecified atom stereocenters. The highest BCUT2D eigenvalue weighted by molar-refractivity contribution is 9.11. The van der Waals surface area contributed by atoms with Crippen LogP contribution in [0, 0.1) is 0 Å². The van der Waals surface area contributed by atoms with Gasteiger partial charge in [0.25, 0.3) is 0 Å². The molecule has 0 bridgehead atoms. The second-order valence-corrected chi connectivity index (χ2v) is 10.8. The van der Waals surface area contributed by atoms with Crippen molar-refractivity contribution < 1.29 is 0 Å². The maximum atomic E-state index is 4.05. The smallest absolute Gasteiger partial charge is 0.0442 e. The molecular weight excluding hydrogens is 488 g/mol. The average Bonchev–Trinajstić information content (AvgIpc) is 2.75. The summed E-state index contributed by atoms with van der Waals surface area (Å²) in [4.78, 5) is 5.28. The Morgan fingerprint density at radius 1 is 0.621 bits per heavy atom. The van der Waals surface area contributed by atoms with Crippen LogP contribution >= 0.6 is 31.9 Å². The zero-order chi connectivity index (χ0) is 19.5. The Kier molecular flexibility index (Phi) is 4.72. The van der Waals surface area contributed by atoms with Crippen molar-refractivity contribution in [2.75, 3.05) is 36.0 Å². The summed E-state index contributed by atoms with van der Waals surface area (Å²) in [6, 6.07) is 5.04. The molecule has 0 spiro atoms. The van der Waals surface area contributed by atoms with Gasteiger partial charge in [-0.1, -0.05) is 44.0 Å². The number of hydrogen-bond acceptors (Lipinski definition) is 2. The van der Waals surface area contributed by atoms with Crippen molar-refractivity contribution in [2.45, 2.75) is 57.8 Å². The minimum absolute atomic E-state index is 1.03. The van der Waals surface area contributed by atoms with Crippen LogP contribution in [0.5, 0.6) is 0 Å². The van der Waals surface area contributed by atoms with E-state index in [1.807, 2.05) is 0 Å². The summed E-state index contributed by atoms with van der Waals surface area (Å²) in [5.74, 6) is 0. The van der Waals surface area contributed by atoms with E-state index in [-0.39, 0.29) is 0 Å². The SMILES string of the molecule is Brc1c(Cc2cc3c4c(c2Br)CCCN4CCC3)cc2c3c1CCCN3CCC2. The summed E-state index contributed by atoms with van der Waals surface area (Å²) in [7, 11) is 0. The van der Waals surface area contributed by atoms with Crippen molar-refractivity contribution >= 4 is 43.2 Å². The van der Waals surface area contributed by atoms with Crippen LogP contribution in [0.4, 0.5) is 11.4 Å².